The number of anilines is 1. The first-order valence-electron chi connectivity index (χ1n) is 5.01. The first-order chi connectivity index (χ1) is 7.65. The molecule has 1 saturated heterocycles. The van der Waals surface area contributed by atoms with Crippen LogP contribution in [-0.2, 0) is 0 Å². The number of pyridine rings is 1. The van der Waals surface area contributed by atoms with Crippen molar-refractivity contribution in [3.05, 3.63) is 22.9 Å². The molecule has 1 aromatic rings. The molecule has 0 unspecified atom stereocenters. The number of rotatable bonds is 1. The lowest BCUT2D eigenvalue weighted by molar-refractivity contribution is 0.176. The van der Waals surface area contributed by atoms with E-state index in [2.05, 4.69) is 26.2 Å². The zero-order valence-corrected chi connectivity index (χ0v) is 10.1. The van der Waals surface area contributed by atoms with Crippen LogP contribution < -0.4 is 5.32 Å². The van der Waals surface area contributed by atoms with Gasteiger partial charge >= 0.3 is 6.03 Å². The number of amides is 2. The summed E-state index contributed by atoms with van der Waals surface area (Å²) >= 11 is 3.22. The maximum Gasteiger partial charge on any atom is 0.321 e. The summed E-state index contributed by atoms with van der Waals surface area (Å²) in [5, 5.41) is 12.0. The van der Waals surface area contributed by atoms with Crippen LogP contribution >= 0.6 is 15.9 Å². The Labute approximate surface area is 102 Å². The number of nitrogens with zero attached hydrogens (tertiary/aromatic N) is 2. The van der Waals surface area contributed by atoms with Crippen molar-refractivity contribution in [1.82, 2.24) is 9.88 Å². The fraction of sp³-hybridized carbons (Fsp3) is 0.400. The molecule has 2 N–H and O–H groups in total. The third-order valence-electron chi connectivity index (χ3n) is 2.43. The van der Waals surface area contributed by atoms with Gasteiger partial charge in [-0.25, -0.2) is 9.78 Å². The van der Waals surface area contributed by atoms with Crippen molar-refractivity contribution in [2.45, 2.75) is 12.5 Å². The van der Waals surface area contributed by atoms with Gasteiger partial charge in [-0.15, -0.1) is 0 Å². The van der Waals surface area contributed by atoms with Crippen molar-refractivity contribution < 1.29 is 9.90 Å². The Kier molecular flexibility index (Phi) is 3.40. The first-order valence-corrected chi connectivity index (χ1v) is 5.80. The number of hydrogen-bond donors (Lipinski definition) is 2. The van der Waals surface area contributed by atoms with Crippen LogP contribution in [0.5, 0.6) is 0 Å². The van der Waals surface area contributed by atoms with Crippen molar-refractivity contribution in [3.63, 3.8) is 0 Å². The molecule has 2 rings (SSSR count). The number of nitrogens with one attached hydrogen (secondary N) is 1. The summed E-state index contributed by atoms with van der Waals surface area (Å²) in [6.45, 7) is 0.993. The molecule has 0 aliphatic carbocycles. The molecule has 1 aliphatic heterocycles. The Morgan fingerprint density at radius 2 is 2.44 bits per heavy atom. The summed E-state index contributed by atoms with van der Waals surface area (Å²) in [6, 6.07) is 3.33. The minimum Gasteiger partial charge on any atom is -0.391 e. The smallest absolute Gasteiger partial charge is 0.321 e. The van der Waals surface area contributed by atoms with Crippen molar-refractivity contribution >= 4 is 27.6 Å². The summed E-state index contributed by atoms with van der Waals surface area (Å²) < 4.78 is 0.724. The highest BCUT2D eigenvalue weighted by Gasteiger charge is 2.24. The van der Waals surface area contributed by atoms with Gasteiger partial charge < -0.3 is 15.3 Å². The molecule has 2 amide bonds. The zero-order valence-electron chi connectivity index (χ0n) is 8.56. The van der Waals surface area contributed by atoms with Gasteiger partial charge in [0.1, 0.15) is 4.60 Å². The van der Waals surface area contributed by atoms with Crippen molar-refractivity contribution in [2.75, 3.05) is 18.4 Å². The lowest BCUT2D eigenvalue weighted by Crippen LogP contribution is -2.33. The molecule has 0 saturated carbocycles. The van der Waals surface area contributed by atoms with Crippen molar-refractivity contribution in [3.8, 4) is 0 Å². The van der Waals surface area contributed by atoms with Crippen LogP contribution in [0.2, 0.25) is 0 Å². The van der Waals surface area contributed by atoms with E-state index in [-0.39, 0.29) is 6.03 Å². The number of carbonyl (C=O) groups is 1. The Balaban J connectivity index is 1.94. The number of aromatic nitrogens is 1. The monoisotopic (exact) mass is 285 g/mol. The molecule has 1 aromatic heterocycles. The Bertz CT molecular complexity index is 382. The van der Waals surface area contributed by atoms with E-state index >= 15 is 0 Å². The summed E-state index contributed by atoms with van der Waals surface area (Å²) in [6.07, 6.45) is 1.83. The van der Waals surface area contributed by atoms with E-state index in [1.54, 1.807) is 23.2 Å². The lowest BCUT2D eigenvalue weighted by atomic mass is 10.3. The number of urea groups is 1. The van der Waals surface area contributed by atoms with Crippen LogP contribution in [0.1, 0.15) is 6.42 Å². The number of halogens is 1. The van der Waals surface area contributed by atoms with Gasteiger partial charge in [0.25, 0.3) is 0 Å². The molecular formula is C10H12BrN3O2. The summed E-state index contributed by atoms with van der Waals surface area (Å²) in [4.78, 5) is 17.3. The van der Waals surface area contributed by atoms with E-state index in [1.807, 2.05) is 0 Å². The third kappa shape index (κ3) is 2.70. The fourth-order valence-electron chi connectivity index (χ4n) is 1.58. The lowest BCUT2D eigenvalue weighted by Gasteiger charge is -2.16. The minimum atomic E-state index is -0.395. The zero-order chi connectivity index (χ0) is 11.5. The molecule has 16 heavy (non-hydrogen) atoms. The number of aliphatic hydroxyl groups excluding tert-OH is 1. The van der Waals surface area contributed by atoms with Gasteiger partial charge in [0, 0.05) is 13.1 Å². The van der Waals surface area contributed by atoms with Crippen LogP contribution in [0.25, 0.3) is 0 Å². The standard InChI is InChI=1S/C10H12BrN3O2/c11-9-2-1-7(5-12-9)13-10(16)14-4-3-8(15)6-14/h1-2,5,8,15H,3-4,6H2,(H,13,16)/t8-/m0/s1. The molecular weight excluding hydrogens is 274 g/mol. The predicted octanol–water partition coefficient (Wildman–Crippen LogP) is 1.44. The Morgan fingerprint density at radius 3 is 3.00 bits per heavy atom. The van der Waals surface area contributed by atoms with Gasteiger partial charge in [-0.1, -0.05) is 0 Å². The van der Waals surface area contributed by atoms with Gasteiger partial charge in [0.15, 0.2) is 0 Å². The molecule has 1 atom stereocenters. The van der Waals surface area contributed by atoms with Gasteiger partial charge in [-0.2, -0.15) is 0 Å². The largest absolute Gasteiger partial charge is 0.391 e. The molecule has 0 bridgehead atoms. The molecule has 5 nitrogen and oxygen atoms in total. The highest BCUT2D eigenvalue weighted by atomic mass is 79.9. The van der Waals surface area contributed by atoms with Gasteiger partial charge in [0.05, 0.1) is 18.0 Å². The second-order valence-corrected chi connectivity index (χ2v) is 4.50. The number of aliphatic hydroxyl groups is 1. The second-order valence-electron chi connectivity index (χ2n) is 3.69. The maximum atomic E-state index is 11.7. The van der Waals surface area contributed by atoms with Crippen LogP contribution in [0.3, 0.4) is 0 Å². The van der Waals surface area contributed by atoms with Crippen molar-refractivity contribution in [1.29, 1.82) is 0 Å². The number of β-amino-alcohol motifs (C(OH)–C–C–N with tert-alkyl or cyclic N) is 1. The average Bonchev–Trinajstić information content (AvgIpc) is 2.68. The highest BCUT2D eigenvalue weighted by molar-refractivity contribution is 9.10. The summed E-state index contributed by atoms with van der Waals surface area (Å²) in [7, 11) is 0. The summed E-state index contributed by atoms with van der Waals surface area (Å²) in [5.74, 6) is 0. The van der Waals surface area contributed by atoms with E-state index in [4.69, 9.17) is 0 Å². The van der Waals surface area contributed by atoms with Crippen LogP contribution in [0.4, 0.5) is 10.5 Å². The molecule has 2 heterocycles. The van der Waals surface area contributed by atoms with Crippen LogP contribution in [0, 0.1) is 0 Å². The molecule has 0 spiro atoms. The van der Waals surface area contributed by atoms with E-state index in [0.717, 1.165) is 4.60 Å². The third-order valence-corrected chi connectivity index (χ3v) is 2.90. The molecule has 1 fully saturated rings. The molecule has 86 valence electrons. The fourth-order valence-corrected chi connectivity index (χ4v) is 1.81. The van der Waals surface area contributed by atoms with E-state index in [0.29, 0.717) is 25.2 Å². The normalized spacial score (nSPS) is 19.9. The minimum absolute atomic E-state index is 0.194. The van der Waals surface area contributed by atoms with Crippen LogP contribution in [0.15, 0.2) is 22.9 Å². The highest BCUT2D eigenvalue weighted by Crippen LogP contribution is 2.13. The second kappa shape index (κ2) is 4.80. The van der Waals surface area contributed by atoms with Gasteiger partial charge in [-0.05, 0) is 34.5 Å². The van der Waals surface area contributed by atoms with E-state index < -0.39 is 6.10 Å². The number of likely N-dealkylation sites (tertiary alicyclic amines) is 1. The Hall–Kier alpha value is -1.14. The molecule has 6 heteroatoms. The van der Waals surface area contributed by atoms with E-state index in [9.17, 15) is 9.90 Å². The van der Waals surface area contributed by atoms with E-state index in [1.165, 1.54) is 0 Å². The average molecular weight is 286 g/mol. The number of carbonyl (C=O) groups excluding carboxylic acids is 1. The SMILES string of the molecule is O=C(Nc1ccc(Br)nc1)N1CC[C@H](O)C1. The molecule has 0 aromatic carbocycles. The first kappa shape index (κ1) is 11.3. The predicted molar refractivity (Wildman–Crippen MR) is 63.2 cm³/mol. The number of hydrogen-bond acceptors (Lipinski definition) is 3. The maximum absolute atomic E-state index is 11.7. The Morgan fingerprint density at radius 1 is 1.62 bits per heavy atom. The summed E-state index contributed by atoms with van der Waals surface area (Å²) in [5.41, 5.74) is 0.648. The molecule has 0 radical (unpaired) electrons. The van der Waals surface area contributed by atoms with Gasteiger partial charge in [-0.3, -0.25) is 0 Å². The topological polar surface area (TPSA) is 65.5 Å². The quantitative estimate of drug-likeness (QED) is 0.768. The van der Waals surface area contributed by atoms with Gasteiger partial charge in [0.2, 0.25) is 0 Å². The molecule has 1 aliphatic rings. The van der Waals surface area contributed by atoms with Crippen LogP contribution in [-0.4, -0.2) is 40.2 Å². The van der Waals surface area contributed by atoms with Crippen molar-refractivity contribution in [2.24, 2.45) is 0 Å².